The van der Waals surface area contributed by atoms with Crippen LogP contribution in [0.1, 0.15) is 22.3 Å². The van der Waals surface area contributed by atoms with Crippen molar-refractivity contribution < 1.29 is 37.1 Å². The smallest absolute Gasteiger partial charge is 0.372 e. The maximum Gasteiger partial charge on any atom is 0.372 e. The van der Waals surface area contributed by atoms with E-state index in [2.05, 4.69) is 0 Å². The lowest BCUT2D eigenvalue weighted by molar-refractivity contribution is -0.148. The molecular weight excluding hydrogens is 272 g/mol. The molecule has 0 atom stereocenters. The van der Waals surface area contributed by atoms with Gasteiger partial charge in [-0.15, -0.1) is 0 Å². The molecule has 0 fully saturated rings. The molecule has 4 nitrogen and oxygen atoms in total. The van der Waals surface area contributed by atoms with Crippen LogP contribution in [-0.2, 0) is 9.59 Å². The Morgan fingerprint density at radius 2 is 1.42 bits per heavy atom. The van der Waals surface area contributed by atoms with Crippen LogP contribution in [0.4, 0.5) is 17.6 Å². The second kappa shape index (κ2) is 5.17. The molecule has 1 rings (SSSR count). The fourth-order valence-electron chi connectivity index (χ4n) is 1.38. The van der Waals surface area contributed by atoms with Gasteiger partial charge in [0.15, 0.2) is 29.1 Å². The molecule has 0 aliphatic heterocycles. The fourth-order valence-corrected chi connectivity index (χ4v) is 1.38. The Balaban J connectivity index is 3.32. The number of benzene rings is 1. The minimum atomic E-state index is -2.20. The molecule has 0 saturated heterocycles. The Morgan fingerprint density at radius 1 is 0.947 bits per heavy atom. The molecule has 0 aliphatic rings. The van der Waals surface area contributed by atoms with Crippen LogP contribution in [0.15, 0.2) is 0 Å². The number of hydrogen-bond donors (Lipinski definition) is 1. The van der Waals surface area contributed by atoms with Gasteiger partial charge in [0, 0.05) is 5.56 Å². The summed E-state index contributed by atoms with van der Waals surface area (Å²) in [6, 6.07) is 0. The molecule has 19 heavy (non-hydrogen) atoms. The van der Waals surface area contributed by atoms with Gasteiger partial charge < -0.3 is 5.11 Å². The van der Waals surface area contributed by atoms with E-state index < -0.39 is 58.4 Å². The van der Waals surface area contributed by atoms with E-state index in [0.717, 1.165) is 6.92 Å². The number of ketones is 2. The lowest BCUT2D eigenvalue weighted by Crippen LogP contribution is -2.20. The number of carbonyl (C=O) groups is 3. The first kappa shape index (κ1) is 14.8. The second-order valence-electron chi connectivity index (χ2n) is 3.58. The molecule has 102 valence electrons. The molecule has 0 amide bonds. The molecule has 0 radical (unpaired) electrons. The first-order valence-corrected chi connectivity index (χ1v) is 4.80. The van der Waals surface area contributed by atoms with Crippen LogP contribution >= 0.6 is 0 Å². The van der Waals surface area contributed by atoms with Gasteiger partial charge in [0.1, 0.15) is 0 Å². The molecule has 0 aliphatic carbocycles. The summed E-state index contributed by atoms with van der Waals surface area (Å²) in [5, 5.41) is 8.27. The zero-order valence-corrected chi connectivity index (χ0v) is 9.39. The Labute approximate surface area is 103 Å². The van der Waals surface area contributed by atoms with Gasteiger partial charge in [0.25, 0.3) is 0 Å². The van der Waals surface area contributed by atoms with E-state index in [1.165, 1.54) is 0 Å². The number of halogens is 4. The molecule has 0 aromatic heterocycles. The van der Waals surface area contributed by atoms with Crippen LogP contribution in [-0.4, -0.2) is 22.6 Å². The molecule has 0 saturated carbocycles. The third-order valence-electron chi connectivity index (χ3n) is 2.34. The average molecular weight is 278 g/mol. The van der Waals surface area contributed by atoms with Crippen molar-refractivity contribution >= 4 is 17.5 Å². The number of carboxylic acid groups (broad SMARTS) is 1. The van der Waals surface area contributed by atoms with Crippen molar-refractivity contribution in [1.29, 1.82) is 0 Å². The maximum atomic E-state index is 13.3. The molecule has 0 heterocycles. The summed E-state index contributed by atoms with van der Waals surface area (Å²) in [4.78, 5) is 32.4. The molecular formula is C11H6F4O4. The summed E-state index contributed by atoms with van der Waals surface area (Å²) < 4.78 is 52.3. The Kier molecular flexibility index (Phi) is 4.03. The zero-order valence-electron chi connectivity index (χ0n) is 9.39. The number of Topliss-reactive ketones (excluding diaryl/α,β-unsaturated/α-hetero) is 2. The number of hydrogen-bond acceptors (Lipinski definition) is 3. The van der Waals surface area contributed by atoms with E-state index in [0.29, 0.717) is 0 Å². The van der Waals surface area contributed by atoms with E-state index >= 15 is 0 Å². The van der Waals surface area contributed by atoms with Gasteiger partial charge in [-0.3, -0.25) is 9.59 Å². The summed E-state index contributed by atoms with van der Waals surface area (Å²) in [6.07, 6.45) is -1.28. The first-order chi connectivity index (χ1) is 8.68. The van der Waals surface area contributed by atoms with Crippen LogP contribution in [0.2, 0.25) is 0 Å². The highest BCUT2D eigenvalue weighted by Gasteiger charge is 2.28. The topological polar surface area (TPSA) is 71.4 Å². The molecule has 0 bridgehead atoms. The predicted molar refractivity (Wildman–Crippen MR) is 52.6 cm³/mol. The molecule has 0 unspecified atom stereocenters. The average Bonchev–Trinajstić information content (AvgIpc) is 2.34. The lowest BCUT2D eigenvalue weighted by Gasteiger charge is -2.08. The van der Waals surface area contributed by atoms with Gasteiger partial charge in [-0.25, -0.2) is 22.4 Å². The van der Waals surface area contributed by atoms with Gasteiger partial charge in [0.05, 0.1) is 12.0 Å². The first-order valence-electron chi connectivity index (χ1n) is 4.80. The highest BCUT2D eigenvalue weighted by molar-refractivity contribution is 6.37. The van der Waals surface area contributed by atoms with Gasteiger partial charge in [0.2, 0.25) is 5.78 Å². The van der Waals surface area contributed by atoms with E-state index in [9.17, 15) is 31.9 Å². The van der Waals surface area contributed by atoms with Crippen molar-refractivity contribution in [3.05, 3.63) is 34.4 Å². The van der Waals surface area contributed by atoms with Gasteiger partial charge in [-0.05, 0) is 6.92 Å². The quantitative estimate of drug-likeness (QED) is 0.227. The lowest BCUT2D eigenvalue weighted by atomic mass is 9.99. The summed E-state index contributed by atoms with van der Waals surface area (Å²) in [6.45, 7) is 0.805. The SMILES string of the molecule is Cc1c(F)c(F)c(F)c(F)c1C(=O)CC(=O)C(=O)O. The Morgan fingerprint density at radius 3 is 1.89 bits per heavy atom. The largest absolute Gasteiger partial charge is 0.475 e. The van der Waals surface area contributed by atoms with Crippen LogP contribution in [0.5, 0.6) is 0 Å². The summed E-state index contributed by atoms with van der Waals surface area (Å²) >= 11 is 0. The summed E-state index contributed by atoms with van der Waals surface area (Å²) in [7, 11) is 0. The fraction of sp³-hybridized carbons (Fsp3) is 0.182. The normalized spacial score (nSPS) is 10.4. The predicted octanol–water partition coefficient (Wildman–Crippen LogP) is 1.78. The third kappa shape index (κ3) is 2.61. The van der Waals surface area contributed by atoms with Gasteiger partial charge in [-0.2, -0.15) is 0 Å². The maximum absolute atomic E-state index is 13.3. The van der Waals surface area contributed by atoms with Crippen molar-refractivity contribution in [3.8, 4) is 0 Å². The standard InChI is InChI=1S/C11H6F4O4/c1-3-6(4(16)2-5(17)11(18)19)8(13)10(15)9(14)7(3)12/h2H2,1H3,(H,18,19). The summed E-state index contributed by atoms with van der Waals surface area (Å²) in [5.41, 5.74) is -2.01. The number of carboxylic acids is 1. The van der Waals surface area contributed by atoms with Crippen molar-refractivity contribution in [3.63, 3.8) is 0 Å². The zero-order chi connectivity index (χ0) is 14.9. The highest BCUT2D eigenvalue weighted by Crippen LogP contribution is 2.24. The van der Waals surface area contributed by atoms with Crippen LogP contribution in [0, 0.1) is 30.2 Å². The molecule has 1 aromatic rings. The second-order valence-corrected chi connectivity index (χ2v) is 3.58. The number of rotatable bonds is 4. The highest BCUT2D eigenvalue weighted by atomic mass is 19.2. The Hall–Kier alpha value is -2.25. The van der Waals surface area contributed by atoms with E-state index in [1.807, 2.05) is 0 Å². The molecule has 0 spiro atoms. The van der Waals surface area contributed by atoms with Crippen molar-refractivity contribution in [2.24, 2.45) is 0 Å². The molecule has 1 N–H and O–H groups in total. The molecule has 8 heteroatoms. The number of carbonyl (C=O) groups excluding carboxylic acids is 2. The van der Waals surface area contributed by atoms with E-state index in [1.54, 1.807) is 0 Å². The van der Waals surface area contributed by atoms with E-state index in [4.69, 9.17) is 5.11 Å². The van der Waals surface area contributed by atoms with Crippen LogP contribution in [0.25, 0.3) is 0 Å². The van der Waals surface area contributed by atoms with Crippen LogP contribution < -0.4 is 0 Å². The van der Waals surface area contributed by atoms with E-state index in [-0.39, 0.29) is 0 Å². The van der Waals surface area contributed by atoms with Crippen LogP contribution in [0.3, 0.4) is 0 Å². The summed E-state index contributed by atoms with van der Waals surface area (Å²) in [5.74, 6) is -13.0. The minimum absolute atomic E-state index is 0.805. The minimum Gasteiger partial charge on any atom is -0.475 e. The Bertz CT molecular complexity index is 566. The monoisotopic (exact) mass is 278 g/mol. The number of aliphatic carboxylic acids is 1. The van der Waals surface area contributed by atoms with Crippen molar-refractivity contribution in [1.82, 2.24) is 0 Å². The van der Waals surface area contributed by atoms with Crippen molar-refractivity contribution in [2.75, 3.05) is 0 Å². The third-order valence-corrected chi connectivity index (χ3v) is 2.34. The van der Waals surface area contributed by atoms with Gasteiger partial charge >= 0.3 is 5.97 Å². The van der Waals surface area contributed by atoms with Gasteiger partial charge in [-0.1, -0.05) is 0 Å². The van der Waals surface area contributed by atoms with Crippen molar-refractivity contribution in [2.45, 2.75) is 13.3 Å². The molecule has 1 aromatic carbocycles.